The molecule has 2 aromatic carbocycles. The average molecular weight is 777 g/mol. The van der Waals surface area contributed by atoms with E-state index in [2.05, 4.69) is 21.9 Å². The van der Waals surface area contributed by atoms with Crippen molar-refractivity contribution in [1.29, 1.82) is 0 Å². The molecule has 4 amide bonds. The van der Waals surface area contributed by atoms with E-state index in [0.29, 0.717) is 40.9 Å². The molecular formula is C39H48N6O9S. The van der Waals surface area contributed by atoms with Crippen LogP contribution >= 0.6 is 0 Å². The van der Waals surface area contributed by atoms with Crippen LogP contribution in [-0.4, -0.2) is 104 Å². The van der Waals surface area contributed by atoms with Crippen molar-refractivity contribution in [2.75, 3.05) is 33.9 Å². The first-order valence-electron chi connectivity index (χ1n) is 18.2. The van der Waals surface area contributed by atoms with Crippen molar-refractivity contribution in [3.8, 4) is 22.8 Å². The second-order valence-corrected chi connectivity index (χ2v) is 16.9. The minimum absolute atomic E-state index is 0.00975. The molecule has 3 aliphatic rings. The van der Waals surface area contributed by atoms with Gasteiger partial charge in [0.1, 0.15) is 35.2 Å². The molecule has 3 aromatic rings. The molecule has 15 nitrogen and oxygen atoms in total. The third kappa shape index (κ3) is 8.25. The first-order chi connectivity index (χ1) is 26.1. The Labute approximate surface area is 320 Å². The lowest BCUT2D eigenvalue weighted by molar-refractivity contribution is -0.142. The van der Waals surface area contributed by atoms with Crippen LogP contribution in [0.5, 0.6) is 11.5 Å². The second kappa shape index (κ2) is 15.5. The number of amides is 4. The number of likely N-dealkylation sites (tertiary alicyclic amines) is 1. The fourth-order valence-electron chi connectivity index (χ4n) is 7.24. The number of nitrogens with zero attached hydrogens (tertiary/aromatic N) is 3. The SMILES string of the molecule is C=CC1CC1(NC(=O)[C@@H]1C[C@@H](Oc2cc(-c3ccccc3)nc3cc(OC)ccc23)CN1C(=O)[C@@H](NC(=O)OC)C(C)(C)C)C(=O)NS(=O)(=O)N1CCCC1. The van der Waals surface area contributed by atoms with E-state index in [9.17, 15) is 27.6 Å². The fourth-order valence-corrected chi connectivity index (χ4v) is 8.53. The van der Waals surface area contributed by atoms with E-state index in [1.165, 1.54) is 22.4 Å². The highest BCUT2D eigenvalue weighted by atomic mass is 32.2. The van der Waals surface area contributed by atoms with Crippen LogP contribution in [-0.2, 0) is 29.3 Å². The van der Waals surface area contributed by atoms with Gasteiger partial charge in [-0.2, -0.15) is 12.7 Å². The molecule has 3 N–H and O–H groups in total. The molecule has 2 saturated heterocycles. The fraction of sp³-hybridized carbons (Fsp3) is 0.462. The molecule has 3 fully saturated rings. The molecule has 1 aromatic heterocycles. The van der Waals surface area contributed by atoms with Crippen molar-refractivity contribution in [3.63, 3.8) is 0 Å². The summed E-state index contributed by atoms with van der Waals surface area (Å²) in [5, 5.41) is 6.10. The Morgan fingerprint density at radius 3 is 2.36 bits per heavy atom. The predicted molar refractivity (Wildman–Crippen MR) is 204 cm³/mol. The smallest absolute Gasteiger partial charge is 0.407 e. The zero-order chi connectivity index (χ0) is 39.7. The molecule has 1 aliphatic carbocycles. The number of rotatable bonds is 12. The number of carbonyl (C=O) groups excluding carboxylic acids is 4. The summed E-state index contributed by atoms with van der Waals surface area (Å²) in [7, 11) is -1.39. The van der Waals surface area contributed by atoms with Gasteiger partial charge in [-0.3, -0.25) is 14.4 Å². The zero-order valence-electron chi connectivity index (χ0n) is 31.7. The van der Waals surface area contributed by atoms with Gasteiger partial charge in [-0.05, 0) is 36.8 Å². The van der Waals surface area contributed by atoms with Crippen molar-refractivity contribution in [2.45, 2.75) is 70.2 Å². The Morgan fingerprint density at radius 1 is 1.04 bits per heavy atom. The molecule has 6 rings (SSSR count). The first-order valence-corrected chi connectivity index (χ1v) is 19.7. The number of methoxy groups -OCH3 is 2. The van der Waals surface area contributed by atoms with Gasteiger partial charge in [0.2, 0.25) is 11.8 Å². The number of hydrogen-bond donors (Lipinski definition) is 3. The van der Waals surface area contributed by atoms with Crippen molar-refractivity contribution in [2.24, 2.45) is 11.3 Å². The van der Waals surface area contributed by atoms with Crippen LogP contribution < -0.4 is 24.8 Å². The average Bonchev–Trinajstić information content (AvgIpc) is 3.46. The number of carbonyl (C=O) groups is 4. The summed E-state index contributed by atoms with van der Waals surface area (Å²) in [5.41, 5.74) is -0.334. The number of hydrogen-bond acceptors (Lipinski definition) is 10. The van der Waals surface area contributed by atoms with E-state index in [-0.39, 0.29) is 32.5 Å². The summed E-state index contributed by atoms with van der Waals surface area (Å²) in [4.78, 5) is 61.2. The molecule has 2 unspecified atom stereocenters. The number of alkyl carbamates (subject to hydrolysis) is 1. The van der Waals surface area contributed by atoms with Crippen molar-refractivity contribution in [3.05, 3.63) is 67.3 Å². The molecule has 1 saturated carbocycles. The van der Waals surface area contributed by atoms with Gasteiger partial charge in [0.25, 0.3) is 5.91 Å². The van der Waals surface area contributed by atoms with E-state index in [4.69, 9.17) is 19.2 Å². The van der Waals surface area contributed by atoms with Crippen molar-refractivity contribution < 1.29 is 41.8 Å². The maximum Gasteiger partial charge on any atom is 0.407 e. The number of aromatic nitrogens is 1. The maximum absolute atomic E-state index is 14.5. The van der Waals surface area contributed by atoms with Gasteiger partial charge < -0.3 is 29.7 Å². The van der Waals surface area contributed by atoms with Gasteiger partial charge in [0.05, 0.1) is 32.0 Å². The molecule has 0 bridgehead atoms. The molecule has 55 heavy (non-hydrogen) atoms. The predicted octanol–water partition coefficient (Wildman–Crippen LogP) is 3.55. The Kier molecular flexibility index (Phi) is 11.1. The molecule has 2 aliphatic heterocycles. The second-order valence-electron chi connectivity index (χ2n) is 15.2. The standard InChI is InChI=1S/C39H48N6O9S/c1-7-25-22-39(25,36(48)43-55(50,51)44-17-11-12-18-44)42-34(46)31-20-27(23-45(31)35(47)33(38(2,3)4)41-37(49)53-6)54-32-21-29(24-13-9-8-10-14-24)40-30-19-26(52-5)15-16-28(30)32/h7-10,13-16,19,21,25,27,31,33H,1,11-12,17-18,20,22-23H2,2-6H3,(H,41,49)(H,42,46)(H,43,48)/t25?,27-,31+,33-,39?/m1/s1. The van der Waals surface area contributed by atoms with Gasteiger partial charge in [-0.25, -0.2) is 14.5 Å². The Morgan fingerprint density at radius 2 is 1.75 bits per heavy atom. The number of fused-ring (bicyclic) bond motifs is 1. The third-order valence-corrected chi connectivity index (χ3v) is 11.9. The van der Waals surface area contributed by atoms with E-state index < -0.39 is 69.1 Å². The molecule has 0 spiro atoms. The summed E-state index contributed by atoms with van der Waals surface area (Å²) in [6, 6.07) is 14.5. The maximum atomic E-state index is 14.5. The molecule has 0 radical (unpaired) electrons. The summed E-state index contributed by atoms with van der Waals surface area (Å²) in [6.45, 7) is 9.62. The minimum atomic E-state index is -4.15. The van der Waals surface area contributed by atoms with Crippen LogP contribution in [0.15, 0.2) is 67.3 Å². The molecule has 3 heterocycles. The topological polar surface area (TPSA) is 186 Å². The van der Waals surface area contributed by atoms with Crippen LogP contribution in [0.3, 0.4) is 0 Å². The quantitative estimate of drug-likeness (QED) is 0.230. The van der Waals surface area contributed by atoms with Crippen LogP contribution in [0.4, 0.5) is 4.79 Å². The van der Waals surface area contributed by atoms with E-state index in [0.717, 1.165) is 5.56 Å². The lowest BCUT2D eigenvalue weighted by Gasteiger charge is -2.35. The van der Waals surface area contributed by atoms with Gasteiger partial charge in [0.15, 0.2) is 0 Å². The molecule has 16 heteroatoms. The van der Waals surface area contributed by atoms with Crippen LogP contribution in [0, 0.1) is 11.3 Å². The summed E-state index contributed by atoms with van der Waals surface area (Å²) in [6.07, 6.45) is 1.43. The van der Waals surface area contributed by atoms with Gasteiger partial charge in [0, 0.05) is 48.5 Å². The molecule has 294 valence electrons. The number of ether oxygens (including phenoxy) is 3. The molecule has 5 atom stereocenters. The number of nitrogens with one attached hydrogen (secondary N) is 3. The van der Waals surface area contributed by atoms with Crippen molar-refractivity contribution in [1.82, 2.24) is 29.5 Å². The highest BCUT2D eigenvalue weighted by Crippen LogP contribution is 2.45. The van der Waals surface area contributed by atoms with Crippen LogP contribution in [0.2, 0.25) is 0 Å². The largest absolute Gasteiger partial charge is 0.497 e. The van der Waals surface area contributed by atoms with E-state index in [1.807, 2.05) is 36.4 Å². The monoisotopic (exact) mass is 776 g/mol. The van der Waals surface area contributed by atoms with Crippen LogP contribution in [0.25, 0.3) is 22.2 Å². The lowest BCUT2D eigenvalue weighted by Crippen LogP contribution is -2.60. The summed E-state index contributed by atoms with van der Waals surface area (Å²) < 4.78 is 46.4. The van der Waals surface area contributed by atoms with E-state index in [1.54, 1.807) is 46.1 Å². The van der Waals surface area contributed by atoms with Crippen molar-refractivity contribution >= 4 is 44.9 Å². The van der Waals surface area contributed by atoms with Gasteiger partial charge in [-0.15, -0.1) is 6.58 Å². The Bertz CT molecular complexity index is 2080. The van der Waals surface area contributed by atoms with Crippen LogP contribution in [0.1, 0.15) is 46.5 Å². The summed E-state index contributed by atoms with van der Waals surface area (Å²) >= 11 is 0. The zero-order valence-corrected chi connectivity index (χ0v) is 32.5. The highest BCUT2D eigenvalue weighted by molar-refractivity contribution is 7.87. The number of pyridine rings is 1. The highest BCUT2D eigenvalue weighted by Gasteiger charge is 2.62. The Hall–Kier alpha value is -5.22. The third-order valence-electron chi connectivity index (χ3n) is 10.4. The Balaban J connectivity index is 1.33. The number of benzene rings is 2. The lowest BCUT2D eigenvalue weighted by atomic mass is 9.85. The molecular weight excluding hydrogens is 729 g/mol. The first kappa shape index (κ1) is 39.5. The summed E-state index contributed by atoms with van der Waals surface area (Å²) in [5.74, 6) is -1.62. The van der Waals surface area contributed by atoms with E-state index >= 15 is 0 Å². The normalized spacial score (nSPS) is 23.1. The minimum Gasteiger partial charge on any atom is -0.497 e. The van der Waals surface area contributed by atoms with Gasteiger partial charge >= 0.3 is 16.3 Å². The van der Waals surface area contributed by atoms with Gasteiger partial charge in [-0.1, -0.05) is 57.2 Å².